The standard InChI is InChI=1S/C15H21NO3/c1-11(2)19-13-5-3-4-12(10-13)14(17)15(16)6-8-18-9-7-15/h3-5,10-11H,6-9,16H2,1-2H3. The minimum absolute atomic E-state index is 0.0231. The summed E-state index contributed by atoms with van der Waals surface area (Å²) in [7, 11) is 0. The zero-order valence-electron chi connectivity index (χ0n) is 11.5. The fraction of sp³-hybridized carbons (Fsp3) is 0.533. The Kier molecular flexibility index (Phi) is 4.22. The van der Waals surface area contributed by atoms with E-state index in [1.54, 1.807) is 12.1 Å². The van der Waals surface area contributed by atoms with Gasteiger partial charge >= 0.3 is 0 Å². The van der Waals surface area contributed by atoms with E-state index in [0.29, 0.717) is 37.4 Å². The number of ether oxygens (including phenoxy) is 2. The van der Waals surface area contributed by atoms with Gasteiger partial charge in [0.15, 0.2) is 5.78 Å². The maximum absolute atomic E-state index is 12.5. The molecular weight excluding hydrogens is 242 g/mol. The first-order chi connectivity index (χ1) is 9.01. The monoisotopic (exact) mass is 263 g/mol. The van der Waals surface area contributed by atoms with Crippen molar-refractivity contribution in [1.29, 1.82) is 0 Å². The Labute approximate surface area is 113 Å². The number of rotatable bonds is 4. The van der Waals surface area contributed by atoms with E-state index in [9.17, 15) is 4.79 Å². The van der Waals surface area contributed by atoms with Gasteiger partial charge in [0.25, 0.3) is 0 Å². The molecule has 0 radical (unpaired) electrons. The van der Waals surface area contributed by atoms with E-state index < -0.39 is 5.54 Å². The second kappa shape index (κ2) is 5.72. The Morgan fingerprint density at radius 3 is 2.68 bits per heavy atom. The highest BCUT2D eigenvalue weighted by atomic mass is 16.5. The minimum Gasteiger partial charge on any atom is -0.491 e. The Morgan fingerprint density at radius 1 is 1.37 bits per heavy atom. The molecule has 0 bridgehead atoms. The molecule has 104 valence electrons. The zero-order valence-corrected chi connectivity index (χ0v) is 11.5. The highest BCUT2D eigenvalue weighted by molar-refractivity contribution is 6.03. The van der Waals surface area contributed by atoms with Gasteiger partial charge in [-0.15, -0.1) is 0 Å². The highest BCUT2D eigenvalue weighted by Gasteiger charge is 2.36. The highest BCUT2D eigenvalue weighted by Crippen LogP contribution is 2.25. The molecule has 4 nitrogen and oxygen atoms in total. The molecule has 0 unspecified atom stereocenters. The van der Waals surface area contributed by atoms with Crippen LogP contribution in [0.25, 0.3) is 0 Å². The molecule has 0 aliphatic carbocycles. The number of carbonyl (C=O) groups is 1. The summed E-state index contributed by atoms with van der Waals surface area (Å²) < 4.78 is 10.9. The van der Waals surface area contributed by atoms with Crippen LogP contribution in [-0.4, -0.2) is 30.6 Å². The second-order valence-electron chi connectivity index (χ2n) is 5.29. The average Bonchev–Trinajstić information content (AvgIpc) is 2.38. The van der Waals surface area contributed by atoms with Gasteiger partial charge in [0.2, 0.25) is 0 Å². The van der Waals surface area contributed by atoms with Gasteiger partial charge < -0.3 is 15.2 Å². The van der Waals surface area contributed by atoms with Crippen LogP contribution in [-0.2, 0) is 4.74 Å². The first kappa shape index (κ1) is 14.0. The molecule has 1 aromatic rings. The van der Waals surface area contributed by atoms with E-state index in [0.717, 1.165) is 0 Å². The SMILES string of the molecule is CC(C)Oc1cccc(C(=O)C2(N)CCOCC2)c1. The van der Waals surface area contributed by atoms with E-state index in [2.05, 4.69) is 0 Å². The minimum atomic E-state index is -0.797. The summed E-state index contributed by atoms with van der Waals surface area (Å²) in [5, 5.41) is 0. The van der Waals surface area contributed by atoms with Crippen molar-refractivity contribution >= 4 is 5.78 Å². The number of carbonyl (C=O) groups excluding carboxylic acids is 1. The molecule has 0 spiro atoms. The fourth-order valence-electron chi connectivity index (χ4n) is 2.23. The molecule has 0 saturated carbocycles. The van der Waals surface area contributed by atoms with Gasteiger partial charge in [-0.1, -0.05) is 12.1 Å². The molecule has 1 saturated heterocycles. The van der Waals surface area contributed by atoms with Crippen LogP contribution in [0.3, 0.4) is 0 Å². The van der Waals surface area contributed by atoms with Crippen molar-refractivity contribution < 1.29 is 14.3 Å². The zero-order chi connectivity index (χ0) is 13.9. The summed E-state index contributed by atoms with van der Waals surface area (Å²) in [6, 6.07) is 7.24. The predicted molar refractivity (Wildman–Crippen MR) is 73.5 cm³/mol. The van der Waals surface area contributed by atoms with Gasteiger partial charge in [-0.05, 0) is 38.8 Å². The third-order valence-electron chi connectivity index (χ3n) is 3.31. The van der Waals surface area contributed by atoms with E-state index >= 15 is 0 Å². The Hall–Kier alpha value is -1.39. The van der Waals surface area contributed by atoms with E-state index in [4.69, 9.17) is 15.2 Å². The quantitative estimate of drug-likeness (QED) is 0.846. The number of nitrogens with two attached hydrogens (primary N) is 1. The number of ketones is 1. The molecule has 0 atom stereocenters. The topological polar surface area (TPSA) is 61.5 Å². The van der Waals surface area contributed by atoms with Crippen LogP contribution in [0.2, 0.25) is 0 Å². The van der Waals surface area contributed by atoms with Crippen LogP contribution in [0.15, 0.2) is 24.3 Å². The van der Waals surface area contributed by atoms with Crippen LogP contribution in [0, 0.1) is 0 Å². The van der Waals surface area contributed by atoms with Crippen molar-refractivity contribution in [2.45, 2.75) is 38.3 Å². The third kappa shape index (κ3) is 3.33. The lowest BCUT2D eigenvalue weighted by Gasteiger charge is -2.31. The molecule has 1 aliphatic heterocycles. The molecule has 1 aromatic carbocycles. The number of Topliss-reactive ketones (excluding diaryl/α,β-unsaturated/α-hetero) is 1. The van der Waals surface area contributed by atoms with E-state index in [1.807, 2.05) is 26.0 Å². The van der Waals surface area contributed by atoms with Crippen LogP contribution < -0.4 is 10.5 Å². The molecule has 1 aliphatic rings. The first-order valence-electron chi connectivity index (χ1n) is 6.69. The summed E-state index contributed by atoms with van der Waals surface area (Å²) in [6.45, 7) is 5.00. The molecular formula is C15H21NO3. The summed E-state index contributed by atoms with van der Waals surface area (Å²) in [4.78, 5) is 12.5. The molecule has 0 aromatic heterocycles. The van der Waals surface area contributed by atoms with Crippen molar-refractivity contribution in [2.75, 3.05) is 13.2 Å². The fourth-order valence-corrected chi connectivity index (χ4v) is 2.23. The number of hydrogen-bond donors (Lipinski definition) is 1. The normalized spacial score (nSPS) is 18.3. The smallest absolute Gasteiger partial charge is 0.182 e. The van der Waals surface area contributed by atoms with Crippen molar-refractivity contribution in [3.8, 4) is 5.75 Å². The Balaban J connectivity index is 2.18. The van der Waals surface area contributed by atoms with Crippen LogP contribution in [0.4, 0.5) is 0 Å². The molecule has 4 heteroatoms. The maximum atomic E-state index is 12.5. The van der Waals surface area contributed by atoms with E-state index in [-0.39, 0.29) is 11.9 Å². The van der Waals surface area contributed by atoms with Crippen molar-refractivity contribution in [2.24, 2.45) is 5.73 Å². The van der Waals surface area contributed by atoms with Crippen LogP contribution >= 0.6 is 0 Å². The van der Waals surface area contributed by atoms with Gasteiger partial charge in [-0.25, -0.2) is 0 Å². The van der Waals surface area contributed by atoms with Gasteiger partial charge in [-0.3, -0.25) is 4.79 Å². The van der Waals surface area contributed by atoms with Gasteiger partial charge in [0.05, 0.1) is 11.6 Å². The predicted octanol–water partition coefficient (Wildman–Crippen LogP) is 2.16. The molecule has 0 amide bonds. The summed E-state index contributed by atoms with van der Waals surface area (Å²) in [5.74, 6) is 0.682. The first-order valence-corrected chi connectivity index (χ1v) is 6.69. The summed E-state index contributed by atoms with van der Waals surface area (Å²) in [5.41, 5.74) is 6.03. The average molecular weight is 263 g/mol. The lowest BCUT2D eigenvalue weighted by molar-refractivity contribution is 0.0447. The van der Waals surface area contributed by atoms with Crippen LogP contribution in [0.1, 0.15) is 37.0 Å². The van der Waals surface area contributed by atoms with Crippen molar-refractivity contribution in [1.82, 2.24) is 0 Å². The molecule has 2 rings (SSSR count). The van der Waals surface area contributed by atoms with Gasteiger partial charge in [0.1, 0.15) is 5.75 Å². The largest absolute Gasteiger partial charge is 0.491 e. The second-order valence-corrected chi connectivity index (χ2v) is 5.29. The lowest BCUT2D eigenvalue weighted by Crippen LogP contribution is -2.51. The summed E-state index contributed by atoms with van der Waals surface area (Å²) >= 11 is 0. The Bertz CT molecular complexity index is 450. The number of benzene rings is 1. The molecule has 2 N–H and O–H groups in total. The van der Waals surface area contributed by atoms with Gasteiger partial charge in [0, 0.05) is 18.8 Å². The van der Waals surface area contributed by atoms with Crippen molar-refractivity contribution in [3.05, 3.63) is 29.8 Å². The molecule has 1 heterocycles. The third-order valence-corrected chi connectivity index (χ3v) is 3.31. The number of hydrogen-bond acceptors (Lipinski definition) is 4. The maximum Gasteiger partial charge on any atom is 0.182 e. The summed E-state index contributed by atoms with van der Waals surface area (Å²) in [6.07, 6.45) is 1.22. The van der Waals surface area contributed by atoms with Gasteiger partial charge in [-0.2, -0.15) is 0 Å². The van der Waals surface area contributed by atoms with E-state index in [1.165, 1.54) is 0 Å². The van der Waals surface area contributed by atoms with Crippen molar-refractivity contribution in [3.63, 3.8) is 0 Å². The molecule has 1 fully saturated rings. The lowest BCUT2D eigenvalue weighted by atomic mass is 9.83. The Morgan fingerprint density at radius 2 is 2.05 bits per heavy atom. The molecule has 19 heavy (non-hydrogen) atoms. The van der Waals surface area contributed by atoms with Crippen LogP contribution in [0.5, 0.6) is 5.75 Å².